The van der Waals surface area contributed by atoms with Crippen molar-refractivity contribution < 1.29 is 58.0 Å². The zero-order chi connectivity index (χ0) is 44.6. The van der Waals surface area contributed by atoms with Crippen molar-refractivity contribution in [1.82, 2.24) is 24.5 Å². The summed E-state index contributed by atoms with van der Waals surface area (Å²) >= 11 is 6.66. The summed E-state index contributed by atoms with van der Waals surface area (Å²) in [5.74, 6) is -7.15. The zero-order valence-corrected chi connectivity index (χ0v) is 33.7. The molecule has 2 aromatic carbocycles. The molecule has 2 aliphatic rings. The van der Waals surface area contributed by atoms with Crippen LogP contribution in [-0.4, -0.2) is 63.3 Å². The van der Waals surface area contributed by atoms with Gasteiger partial charge in [-0.2, -0.15) is 19.0 Å². The van der Waals surface area contributed by atoms with Crippen LogP contribution >= 0.6 is 11.6 Å². The molecule has 1 N–H and O–H groups in total. The Morgan fingerprint density at radius 3 is 2.23 bits per heavy atom. The monoisotopic (exact) mass is 901 g/mol. The Kier molecular flexibility index (Phi) is 11.2. The van der Waals surface area contributed by atoms with Crippen molar-refractivity contribution >= 4 is 43.7 Å². The van der Waals surface area contributed by atoms with Gasteiger partial charge in [-0.1, -0.05) is 23.6 Å². The third-order valence-electron chi connectivity index (χ3n) is 10.4. The predicted octanol–water partition coefficient (Wildman–Crippen LogP) is 9.02. The molecule has 20 heteroatoms. The number of aliphatic hydroxyl groups is 1. The van der Waals surface area contributed by atoms with Gasteiger partial charge in [0.05, 0.1) is 46.1 Å². The topological polar surface area (TPSA) is 103 Å². The van der Waals surface area contributed by atoms with Crippen LogP contribution < -0.4 is 0 Å². The smallest absolute Gasteiger partial charge is 0.290 e. The van der Waals surface area contributed by atoms with E-state index in [0.717, 1.165) is 12.1 Å². The van der Waals surface area contributed by atoms with Crippen LogP contribution in [0, 0.1) is 23.5 Å². The molecule has 7 rings (SSSR count). The highest BCUT2D eigenvalue weighted by molar-refractivity contribution is 7.98. The van der Waals surface area contributed by atoms with Crippen LogP contribution in [0.15, 0.2) is 42.5 Å². The first-order valence-electron chi connectivity index (χ1n) is 18.5. The lowest BCUT2D eigenvalue weighted by molar-refractivity contribution is -0.176. The molecule has 1 fully saturated rings. The third-order valence-corrected chi connectivity index (χ3v) is 11.6. The number of rotatable bonds is 11. The first kappa shape index (κ1) is 44.1. The second kappa shape index (κ2) is 15.5. The minimum atomic E-state index is -4.12. The van der Waals surface area contributed by atoms with Crippen molar-refractivity contribution in [3.8, 4) is 23.0 Å². The molecule has 2 atom stereocenters. The number of alkyl halides is 8. The van der Waals surface area contributed by atoms with Crippen molar-refractivity contribution in [1.29, 1.82) is 0 Å². The SMILES string of the molecule is C=S(C)(=O)Cc1nn(C)c2c(-c3ccc(C#CC4(O)CC(F)(F)C4)nc3[C@@H](CC(=O)Cn3nc(C(F)F)c4c3C(F)(F)CCC4(F)F)Cc3cc(F)cc(F)c3)ccc(Cl)c12. The van der Waals surface area contributed by atoms with E-state index in [1.165, 1.54) is 29.1 Å². The van der Waals surface area contributed by atoms with Gasteiger partial charge in [0, 0.05) is 61.1 Å². The maximum atomic E-state index is 15.3. The number of fused-ring (bicyclic) bond motifs is 2. The van der Waals surface area contributed by atoms with Gasteiger partial charge in [-0.25, -0.2) is 40.1 Å². The van der Waals surface area contributed by atoms with Gasteiger partial charge in [0.1, 0.15) is 40.9 Å². The molecule has 3 heterocycles. The number of ketones is 1. The molecule has 1 saturated carbocycles. The quantitative estimate of drug-likeness (QED) is 0.0807. The highest BCUT2D eigenvalue weighted by Gasteiger charge is 2.56. The number of halogens is 11. The number of carbonyl (C=O) groups is 1. The van der Waals surface area contributed by atoms with Crippen LogP contribution in [0.25, 0.3) is 22.0 Å². The summed E-state index contributed by atoms with van der Waals surface area (Å²) in [6.07, 6.45) is -8.24. The fourth-order valence-corrected chi connectivity index (χ4v) is 9.09. The number of nitrogens with zero attached hydrogens (tertiary/aromatic N) is 5. The Morgan fingerprint density at radius 2 is 1.61 bits per heavy atom. The van der Waals surface area contributed by atoms with E-state index in [1.807, 2.05) is 0 Å². The van der Waals surface area contributed by atoms with Crippen molar-refractivity contribution in [2.24, 2.45) is 7.05 Å². The largest absolute Gasteiger partial charge is 0.377 e. The van der Waals surface area contributed by atoms with Gasteiger partial charge in [0.15, 0.2) is 5.78 Å². The summed E-state index contributed by atoms with van der Waals surface area (Å²) in [5, 5.41) is 19.0. The van der Waals surface area contributed by atoms with Gasteiger partial charge in [-0.05, 0) is 63.6 Å². The second-order valence-electron chi connectivity index (χ2n) is 15.7. The summed E-state index contributed by atoms with van der Waals surface area (Å²) < 4.78 is 160. The number of aromatic nitrogens is 5. The summed E-state index contributed by atoms with van der Waals surface area (Å²) in [5.41, 5.74) is -5.91. The lowest BCUT2D eigenvalue weighted by Gasteiger charge is -2.39. The van der Waals surface area contributed by atoms with Crippen molar-refractivity contribution in [2.75, 3.05) is 6.26 Å². The highest BCUT2D eigenvalue weighted by atomic mass is 35.5. The fourth-order valence-electron chi connectivity index (χ4n) is 8.04. The average molecular weight is 902 g/mol. The van der Waals surface area contributed by atoms with Crippen molar-refractivity contribution in [2.45, 2.75) is 86.5 Å². The zero-order valence-electron chi connectivity index (χ0n) is 32.1. The van der Waals surface area contributed by atoms with Gasteiger partial charge in [0.25, 0.3) is 24.2 Å². The summed E-state index contributed by atoms with van der Waals surface area (Å²) in [6, 6.07) is 8.37. The standard InChI is InChI=1S/C41H34ClF10N5O3S/c1-56-35-28(6-7-29(42)31(35)30(54-56)18-61(2,3)60)27-5-4-25(8-9-38(59)19-39(47,48)20-38)53-33(27)22(12-21-13-23(43)16-24(44)14-21)15-26(58)17-57-36-32(34(55-57)37(45)46)40(49,50)10-11-41(36,51)52/h4-7,13-14,16,22,37,59H,2,10-12,15,17-20H2,1,3H3/t22-,61?/m1/s1. The average Bonchev–Trinajstić information content (AvgIpc) is 3.67. The minimum absolute atomic E-state index is 0.0367. The number of benzene rings is 2. The molecule has 1 unspecified atom stereocenters. The summed E-state index contributed by atoms with van der Waals surface area (Å²) in [7, 11) is -1.11. The van der Waals surface area contributed by atoms with Crippen LogP contribution in [0.2, 0.25) is 5.02 Å². The van der Waals surface area contributed by atoms with Crippen LogP contribution in [0.1, 0.15) is 84.0 Å². The number of hydrogen-bond donors (Lipinski definition) is 1. The van der Waals surface area contributed by atoms with E-state index in [4.69, 9.17) is 11.6 Å². The van der Waals surface area contributed by atoms with E-state index < -0.39 is 125 Å². The van der Waals surface area contributed by atoms with Crippen LogP contribution in [0.4, 0.5) is 43.9 Å². The molecule has 0 aliphatic heterocycles. The normalized spacial score (nSPS) is 18.8. The maximum Gasteiger partial charge on any atom is 0.290 e. The van der Waals surface area contributed by atoms with Gasteiger partial charge in [-0.3, -0.25) is 18.4 Å². The molecule has 0 spiro atoms. The summed E-state index contributed by atoms with van der Waals surface area (Å²) in [6.45, 7) is -1.21. The number of pyridine rings is 1. The van der Waals surface area contributed by atoms with E-state index in [2.05, 4.69) is 32.9 Å². The molecule has 2 aliphatic carbocycles. The van der Waals surface area contributed by atoms with E-state index in [1.54, 1.807) is 13.1 Å². The Labute approximate surface area is 346 Å². The fraction of sp³-hybridized carbons (Fsp3) is 0.390. The molecule has 8 nitrogen and oxygen atoms in total. The van der Waals surface area contributed by atoms with Crippen molar-refractivity contribution in [3.05, 3.63) is 98.7 Å². The van der Waals surface area contributed by atoms with Gasteiger partial charge < -0.3 is 5.11 Å². The molecule has 0 radical (unpaired) electrons. The molecule has 0 bridgehead atoms. The maximum absolute atomic E-state index is 15.3. The van der Waals surface area contributed by atoms with Gasteiger partial charge in [0.2, 0.25) is 0 Å². The molecule has 324 valence electrons. The summed E-state index contributed by atoms with van der Waals surface area (Å²) in [4.78, 5) is 18.7. The Balaban J connectivity index is 1.40. The van der Waals surface area contributed by atoms with E-state index in [0.29, 0.717) is 28.2 Å². The Hall–Kier alpha value is -4.93. The Bertz CT molecular complexity index is 2750. The van der Waals surface area contributed by atoms with Crippen molar-refractivity contribution in [3.63, 3.8) is 0 Å². The number of Topliss-reactive ketones (excluding diaryl/α,β-unsaturated/α-hetero) is 1. The number of carbonyl (C=O) groups excluding carboxylic acids is 1. The Morgan fingerprint density at radius 1 is 0.967 bits per heavy atom. The highest BCUT2D eigenvalue weighted by Crippen LogP contribution is 2.52. The predicted molar refractivity (Wildman–Crippen MR) is 206 cm³/mol. The van der Waals surface area contributed by atoms with Crippen LogP contribution in [0.5, 0.6) is 0 Å². The molecular weight excluding hydrogens is 868 g/mol. The second-order valence-corrected chi connectivity index (χ2v) is 18.8. The third kappa shape index (κ3) is 9.03. The number of aryl methyl sites for hydroxylation is 1. The molecular formula is C41H34ClF10N5O3S. The van der Waals surface area contributed by atoms with E-state index in [9.17, 15) is 49.2 Å². The molecule has 3 aromatic heterocycles. The van der Waals surface area contributed by atoms with Gasteiger partial charge >= 0.3 is 0 Å². The first-order chi connectivity index (χ1) is 28.2. The van der Waals surface area contributed by atoms with E-state index in [-0.39, 0.29) is 38.0 Å². The molecule has 5 aromatic rings. The van der Waals surface area contributed by atoms with Crippen LogP contribution in [-0.2, 0) is 51.9 Å². The molecule has 0 amide bonds. The molecule has 61 heavy (non-hydrogen) atoms. The number of hydrogen-bond acceptors (Lipinski definition) is 6. The van der Waals surface area contributed by atoms with Gasteiger partial charge in [-0.15, -0.1) is 0 Å². The first-order valence-corrected chi connectivity index (χ1v) is 21.1. The minimum Gasteiger partial charge on any atom is -0.377 e. The molecule has 0 saturated heterocycles. The lowest BCUT2D eigenvalue weighted by Crippen LogP contribution is -2.50. The van der Waals surface area contributed by atoms with E-state index >= 15 is 8.78 Å². The van der Waals surface area contributed by atoms with Crippen LogP contribution in [0.3, 0.4) is 0 Å². The lowest BCUT2D eigenvalue weighted by atomic mass is 9.77.